The van der Waals surface area contributed by atoms with Gasteiger partial charge in [0.05, 0.1) is 11.0 Å². The van der Waals surface area contributed by atoms with E-state index < -0.39 is 0 Å². The van der Waals surface area contributed by atoms with Crippen molar-refractivity contribution in [2.24, 2.45) is 0 Å². The van der Waals surface area contributed by atoms with Crippen LogP contribution in [0.2, 0.25) is 0 Å². The van der Waals surface area contributed by atoms with E-state index in [-0.39, 0.29) is 5.41 Å². The molecule has 2 nitrogen and oxygen atoms in total. The number of para-hydroxylation sites is 1. The van der Waals surface area contributed by atoms with Crippen molar-refractivity contribution in [3.8, 4) is 50.2 Å². The lowest BCUT2D eigenvalue weighted by Crippen LogP contribution is -2.16. The molecular formula is C58H44N2. The van der Waals surface area contributed by atoms with Gasteiger partial charge in [0, 0.05) is 38.9 Å². The second kappa shape index (κ2) is 14.1. The minimum atomic E-state index is -0.103. The predicted octanol–water partition coefficient (Wildman–Crippen LogP) is 15.9. The summed E-state index contributed by atoms with van der Waals surface area (Å²) in [5.74, 6) is 0. The van der Waals surface area contributed by atoms with Crippen LogP contribution in [0.25, 0.3) is 72.0 Å². The molecule has 1 heterocycles. The van der Waals surface area contributed by atoms with Crippen LogP contribution in [0.5, 0.6) is 0 Å². The number of hydrogen-bond acceptors (Lipinski definition) is 1. The Bertz CT molecular complexity index is 3210. The van der Waals surface area contributed by atoms with E-state index in [0.29, 0.717) is 0 Å². The van der Waals surface area contributed by atoms with Crippen molar-refractivity contribution in [3.05, 3.63) is 229 Å². The van der Waals surface area contributed by atoms with Crippen LogP contribution in [0.4, 0.5) is 17.1 Å². The zero-order chi connectivity index (χ0) is 40.4. The van der Waals surface area contributed by atoms with Crippen molar-refractivity contribution in [2.75, 3.05) is 4.90 Å². The SMILES string of the molecule is Cc1cccc(-n2c3ccccc3c3cc(-c4ccc(N(c5ccc(-c6ccc(-c7ccccc7)cc6)cc5)c5ccc6c(c5)C(C)(C)c5ccccc5-6)cc4)ccc32)c1. The Balaban J connectivity index is 0.981. The number of benzene rings is 9. The molecule has 60 heavy (non-hydrogen) atoms. The van der Waals surface area contributed by atoms with E-state index in [9.17, 15) is 0 Å². The van der Waals surface area contributed by atoms with Crippen LogP contribution in [0, 0.1) is 6.92 Å². The van der Waals surface area contributed by atoms with E-state index in [0.717, 1.165) is 17.1 Å². The van der Waals surface area contributed by atoms with Crippen molar-refractivity contribution in [1.82, 2.24) is 4.57 Å². The van der Waals surface area contributed by atoms with Crippen LogP contribution in [0.3, 0.4) is 0 Å². The number of fused-ring (bicyclic) bond motifs is 6. The molecule has 0 saturated carbocycles. The lowest BCUT2D eigenvalue weighted by atomic mass is 9.82. The van der Waals surface area contributed by atoms with Gasteiger partial charge in [0.2, 0.25) is 0 Å². The van der Waals surface area contributed by atoms with Gasteiger partial charge in [0.15, 0.2) is 0 Å². The van der Waals surface area contributed by atoms with Crippen molar-refractivity contribution in [3.63, 3.8) is 0 Å². The fourth-order valence-electron chi connectivity index (χ4n) is 9.57. The highest BCUT2D eigenvalue weighted by atomic mass is 15.1. The maximum absolute atomic E-state index is 2.41. The first-order valence-electron chi connectivity index (χ1n) is 20.9. The third-order valence-corrected chi connectivity index (χ3v) is 12.7. The maximum atomic E-state index is 2.41. The van der Waals surface area contributed by atoms with Gasteiger partial charge in [-0.1, -0.05) is 159 Å². The number of hydrogen-bond donors (Lipinski definition) is 0. The molecule has 0 aliphatic heterocycles. The minimum Gasteiger partial charge on any atom is -0.310 e. The summed E-state index contributed by atoms with van der Waals surface area (Å²) in [6.07, 6.45) is 0. The molecule has 0 spiro atoms. The molecule has 0 atom stereocenters. The molecule has 1 aliphatic carbocycles. The molecule has 11 rings (SSSR count). The summed E-state index contributed by atoms with van der Waals surface area (Å²) in [7, 11) is 0. The molecule has 286 valence electrons. The van der Waals surface area contributed by atoms with Gasteiger partial charge < -0.3 is 9.47 Å². The molecule has 0 N–H and O–H groups in total. The average Bonchev–Trinajstić information content (AvgIpc) is 3.75. The third-order valence-electron chi connectivity index (χ3n) is 12.7. The number of anilines is 3. The molecule has 2 heteroatoms. The summed E-state index contributed by atoms with van der Waals surface area (Å²) >= 11 is 0. The van der Waals surface area contributed by atoms with Gasteiger partial charge in [-0.25, -0.2) is 0 Å². The van der Waals surface area contributed by atoms with E-state index in [1.807, 2.05) is 0 Å². The Morgan fingerprint density at radius 3 is 1.60 bits per heavy atom. The fourth-order valence-corrected chi connectivity index (χ4v) is 9.57. The second-order valence-corrected chi connectivity index (χ2v) is 16.7. The molecule has 0 fully saturated rings. The summed E-state index contributed by atoms with van der Waals surface area (Å²) < 4.78 is 2.39. The highest BCUT2D eigenvalue weighted by Crippen LogP contribution is 2.51. The van der Waals surface area contributed by atoms with Crippen molar-refractivity contribution in [2.45, 2.75) is 26.2 Å². The van der Waals surface area contributed by atoms with Gasteiger partial charge in [0.25, 0.3) is 0 Å². The fraction of sp³-hybridized carbons (Fsp3) is 0.0690. The van der Waals surface area contributed by atoms with Gasteiger partial charge in [-0.2, -0.15) is 0 Å². The number of aryl methyl sites for hydroxylation is 1. The van der Waals surface area contributed by atoms with E-state index in [1.165, 1.54) is 88.7 Å². The first kappa shape index (κ1) is 35.7. The number of aromatic nitrogens is 1. The predicted molar refractivity (Wildman–Crippen MR) is 254 cm³/mol. The molecular weight excluding hydrogens is 725 g/mol. The van der Waals surface area contributed by atoms with Gasteiger partial charge in [0.1, 0.15) is 0 Å². The molecule has 0 saturated heterocycles. The van der Waals surface area contributed by atoms with E-state index in [2.05, 4.69) is 243 Å². The Kier molecular flexibility index (Phi) is 8.42. The van der Waals surface area contributed by atoms with Crippen LogP contribution >= 0.6 is 0 Å². The first-order chi connectivity index (χ1) is 29.4. The summed E-state index contributed by atoms with van der Waals surface area (Å²) in [6.45, 7) is 6.87. The number of rotatable bonds is 7. The average molecular weight is 769 g/mol. The monoisotopic (exact) mass is 768 g/mol. The summed E-state index contributed by atoms with van der Waals surface area (Å²) in [5.41, 5.74) is 20.8. The van der Waals surface area contributed by atoms with Crippen LogP contribution in [0.15, 0.2) is 212 Å². The largest absolute Gasteiger partial charge is 0.310 e. The highest BCUT2D eigenvalue weighted by Gasteiger charge is 2.35. The molecule has 0 amide bonds. The van der Waals surface area contributed by atoms with E-state index in [4.69, 9.17) is 0 Å². The van der Waals surface area contributed by atoms with Crippen molar-refractivity contribution >= 4 is 38.9 Å². The standard InChI is InChI=1S/C58H44N2/c1-39-12-11-15-48(36-39)60-56-19-10-8-17-52(56)53-37-45(28-35-57(53)60)44-26-31-47(32-27-44)59(49-33-34-51-50-16-7-9-18-54(50)58(2,3)55(51)38-49)46-29-24-43(25-30-46)42-22-20-41(21-23-42)40-13-5-4-6-14-40/h4-38H,1-3H3. The van der Waals surface area contributed by atoms with Crippen LogP contribution in [0.1, 0.15) is 30.5 Å². The van der Waals surface area contributed by atoms with Gasteiger partial charge >= 0.3 is 0 Å². The summed E-state index contributed by atoms with van der Waals surface area (Å²) in [4.78, 5) is 2.41. The van der Waals surface area contributed by atoms with Gasteiger partial charge in [-0.05, 0) is 135 Å². The smallest absolute Gasteiger partial charge is 0.0541 e. The molecule has 0 bridgehead atoms. The second-order valence-electron chi connectivity index (χ2n) is 16.7. The van der Waals surface area contributed by atoms with Crippen LogP contribution < -0.4 is 4.90 Å². The molecule has 9 aromatic carbocycles. The van der Waals surface area contributed by atoms with E-state index >= 15 is 0 Å². The molecule has 1 aromatic heterocycles. The lowest BCUT2D eigenvalue weighted by molar-refractivity contribution is 0.660. The zero-order valence-corrected chi connectivity index (χ0v) is 34.1. The van der Waals surface area contributed by atoms with Crippen molar-refractivity contribution in [1.29, 1.82) is 0 Å². The van der Waals surface area contributed by atoms with Crippen molar-refractivity contribution < 1.29 is 0 Å². The van der Waals surface area contributed by atoms with Gasteiger partial charge in [-0.15, -0.1) is 0 Å². The highest BCUT2D eigenvalue weighted by molar-refractivity contribution is 6.10. The Morgan fingerprint density at radius 1 is 0.367 bits per heavy atom. The normalized spacial score (nSPS) is 12.7. The maximum Gasteiger partial charge on any atom is 0.0541 e. The molecule has 10 aromatic rings. The summed E-state index contributed by atoms with van der Waals surface area (Å²) in [5, 5.41) is 2.52. The van der Waals surface area contributed by atoms with E-state index in [1.54, 1.807) is 0 Å². The Labute approximate surface area is 352 Å². The molecule has 0 radical (unpaired) electrons. The minimum absolute atomic E-state index is 0.103. The van der Waals surface area contributed by atoms with Crippen LogP contribution in [-0.4, -0.2) is 4.57 Å². The Morgan fingerprint density at radius 2 is 0.900 bits per heavy atom. The topological polar surface area (TPSA) is 8.17 Å². The lowest BCUT2D eigenvalue weighted by Gasteiger charge is -2.28. The quantitative estimate of drug-likeness (QED) is 0.157. The molecule has 0 unspecified atom stereocenters. The third kappa shape index (κ3) is 5.95. The zero-order valence-electron chi connectivity index (χ0n) is 34.1. The van der Waals surface area contributed by atoms with Crippen LogP contribution in [-0.2, 0) is 5.41 Å². The summed E-state index contributed by atoms with van der Waals surface area (Å²) in [6, 6.07) is 78.0. The number of nitrogens with zero attached hydrogens (tertiary/aromatic N) is 2. The first-order valence-corrected chi connectivity index (χ1v) is 20.9. The van der Waals surface area contributed by atoms with Gasteiger partial charge in [-0.3, -0.25) is 0 Å². The molecule has 1 aliphatic rings. The Hall–Kier alpha value is -7.42.